The second kappa shape index (κ2) is 7.63. The molecule has 1 aliphatic heterocycles. The molecule has 1 saturated heterocycles. The van der Waals surface area contributed by atoms with Gasteiger partial charge in [-0.05, 0) is 25.0 Å². The summed E-state index contributed by atoms with van der Waals surface area (Å²) in [6.07, 6.45) is 4.22. The van der Waals surface area contributed by atoms with Crippen molar-refractivity contribution in [2.75, 3.05) is 11.9 Å². The van der Waals surface area contributed by atoms with Crippen LogP contribution in [0.15, 0.2) is 18.2 Å². The van der Waals surface area contributed by atoms with Gasteiger partial charge in [-0.2, -0.15) is 0 Å². The van der Waals surface area contributed by atoms with Crippen LogP contribution in [0.5, 0.6) is 0 Å². The van der Waals surface area contributed by atoms with Crippen LogP contribution in [0, 0.1) is 0 Å². The molecular weight excluding hydrogens is 381 g/mol. The van der Waals surface area contributed by atoms with Crippen LogP contribution in [0.2, 0.25) is 10.0 Å². The van der Waals surface area contributed by atoms with Gasteiger partial charge in [0.05, 0.1) is 15.7 Å². The number of hydrogen-bond donors (Lipinski definition) is 1. The molecule has 5 amide bonds. The highest BCUT2D eigenvalue weighted by Crippen LogP contribution is 2.30. The van der Waals surface area contributed by atoms with Gasteiger partial charge in [0.1, 0.15) is 6.54 Å². The van der Waals surface area contributed by atoms with Crippen molar-refractivity contribution < 1.29 is 19.2 Å². The van der Waals surface area contributed by atoms with Gasteiger partial charge in [0, 0.05) is 6.04 Å². The molecule has 0 spiro atoms. The first-order valence-electron chi connectivity index (χ1n) is 8.33. The molecule has 0 atom stereocenters. The molecule has 1 saturated carbocycles. The smallest absolute Gasteiger partial charge is 0.322 e. The summed E-state index contributed by atoms with van der Waals surface area (Å²) in [7, 11) is 0. The highest BCUT2D eigenvalue weighted by molar-refractivity contribution is 6.45. The van der Waals surface area contributed by atoms with Crippen molar-refractivity contribution >= 4 is 52.6 Å². The predicted molar refractivity (Wildman–Crippen MR) is 95.9 cm³/mol. The molecule has 1 aromatic rings. The largest absolute Gasteiger partial charge is 0.334 e. The summed E-state index contributed by atoms with van der Waals surface area (Å²) >= 11 is 12.0. The lowest BCUT2D eigenvalue weighted by Crippen LogP contribution is -2.43. The van der Waals surface area contributed by atoms with E-state index in [-0.39, 0.29) is 21.8 Å². The van der Waals surface area contributed by atoms with Crippen LogP contribution in [-0.2, 0) is 14.4 Å². The number of carbonyl (C=O) groups excluding carboxylic acids is 4. The Morgan fingerprint density at radius 3 is 2.27 bits per heavy atom. The van der Waals surface area contributed by atoms with E-state index in [0.29, 0.717) is 17.7 Å². The molecule has 0 aromatic heterocycles. The van der Waals surface area contributed by atoms with Crippen LogP contribution in [-0.4, -0.2) is 46.1 Å². The Bertz CT molecular complexity index is 757. The molecule has 2 fully saturated rings. The van der Waals surface area contributed by atoms with Crippen molar-refractivity contribution in [2.24, 2.45) is 0 Å². The minimum Gasteiger partial charge on any atom is -0.322 e. The summed E-state index contributed by atoms with van der Waals surface area (Å²) in [5.74, 6) is -2.52. The van der Waals surface area contributed by atoms with Crippen LogP contribution in [0.3, 0.4) is 0 Å². The lowest BCUT2D eigenvalue weighted by molar-refractivity contribution is -0.144. The summed E-state index contributed by atoms with van der Waals surface area (Å²) in [5.41, 5.74) is 0.190. The van der Waals surface area contributed by atoms with Gasteiger partial charge in [0.2, 0.25) is 5.91 Å². The Kier molecular flexibility index (Phi) is 5.48. The number of imide groups is 2. The van der Waals surface area contributed by atoms with Gasteiger partial charge in [-0.1, -0.05) is 48.5 Å². The zero-order chi connectivity index (χ0) is 18.8. The van der Waals surface area contributed by atoms with Crippen LogP contribution in [0.4, 0.5) is 10.5 Å². The number of hydrogen-bond acceptors (Lipinski definition) is 4. The number of rotatable bonds is 4. The number of para-hydroxylation sites is 1. The SMILES string of the molecule is O=C(CN1C(=O)C(=O)N(C2CCCCC2)C1=O)Nc1c(Cl)cccc1Cl. The van der Waals surface area contributed by atoms with E-state index in [1.165, 1.54) is 0 Å². The Morgan fingerprint density at radius 2 is 1.65 bits per heavy atom. The summed E-state index contributed by atoms with van der Waals surface area (Å²) in [5, 5.41) is 2.93. The third-order valence-corrected chi connectivity index (χ3v) is 5.18. The van der Waals surface area contributed by atoms with Crippen LogP contribution in [0.25, 0.3) is 0 Å². The van der Waals surface area contributed by atoms with E-state index >= 15 is 0 Å². The second-order valence-corrected chi connectivity index (χ2v) is 7.10. The summed E-state index contributed by atoms with van der Waals surface area (Å²) in [6, 6.07) is 3.69. The lowest BCUT2D eigenvalue weighted by Gasteiger charge is -2.28. The molecule has 0 bridgehead atoms. The third-order valence-electron chi connectivity index (χ3n) is 4.55. The van der Waals surface area contributed by atoms with E-state index in [0.717, 1.165) is 24.2 Å². The zero-order valence-corrected chi connectivity index (χ0v) is 15.3. The standard InChI is InChI=1S/C17H17Cl2N3O4/c18-11-7-4-8-12(19)14(11)20-13(23)9-21-15(24)16(25)22(17(21)26)10-5-2-1-3-6-10/h4,7-8,10H,1-3,5-6,9H2,(H,20,23). The minimum absolute atomic E-state index is 0.190. The van der Waals surface area contributed by atoms with Gasteiger partial charge < -0.3 is 5.32 Å². The molecule has 0 radical (unpaired) electrons. The fourth-order valence-electron chi connectivity index (χ4n) is 3.26. The number of benzene rings is 1. The average Bonchev–Trinajstić information content (AvgIpc) is 2.82. The number of amides is 5. The Morgan fingerprint density at radius 1 is 1.04 bits per heavy atom. The van der Waals surface area contributed by atoms with Crippen LogP contribution < -0.4 is 5.32 Å². The van der Waals surface area contributed by atoms with Crippen LogP contribution in [0.1, 0.15) is 32.1 Å². The highest BCUT2D eigenvalue weighted by atomic mass is 35.5. The first-order valence-corrected chi connectivity index (χ1v) is 9.08. The van der Waals surface area contributed by atoms with E-state index in [4.69, 9.17) is 23.2 Å². The van der Waals surface area contributed by atoms with E-state index in [1.807, 2.05) is 0 Å². The maximum Gasteiger partial charge on any atom is 0.334 e. The average molecular weight is 398 g/mol. The maximum absolute atomic E-state index is 12.5. The monoisotopic (exact) mass is 397 g/mol. The van der Waals surface area contributed by atoms with E-state index in [9.17, 15) is 19.2 Å². The van der Waals surface area contributed by atoms with Crippen molar-refractivity contribution in [3.05, 3.63) is 28.2 Å². The molecule has 2 aliphatic rings. The number of nitrogens with zero attached hydrogens (tertiary/aromatic N) is 2. The topological polar surface area (TPSA) is 86.8 Å². The van der Waals surface area contributed by atoms with Gasteiger partial charge >= 0.3 is 17.8 Å². The van der Waals surface area contributed by atoms with Crippen LogP contribution >= 0.6 is 23.2 Å². The Hall–Kier alpha value is -2.12. The van der Waals surface area contributed by atoms with E-state index < -0.39 is 30.3 Å². The van der Waals surface area contributed by atoms with Gasteiger partial charge in [-0.25, -0.2) is 9.69 Å². The molecule has 0 unspecified atom stereocenters. The first kappa shape index (κ1) is 18.7. The van der Waals surface area contributed by atoms with Crippen molar-refractivity contribution in [3.63, 3.8) is 0 Å². The summed E-state index contributed by atoms with van der Waals surface area (Å²) in [6.45, 7) is -0.575. The fraction of sp³-hybridized carbons (Fsp3) is 0.412. The normalized spacial score (nSPS) is 18.6. The number of halogens is 2. The molecule has 138 valence electrons. The van der Waals surface area contributed by atoms with Crippen molar-refractivity contribution in [1.29, 1.82) is 0 Å². The van der Waals surface area contributed by atoms with Gasteiger partial charge in [0.15, 0.2) is 0 Å². The Balaban J connectivity index is 1.71. The zero-order valence-electron chi connectivity index (χ0n) is 13.8. The second-order valence-electron chi connectivity index (χ2n) is 6.29. The molecule has 26 heavy (non-hydrogen) atoms. The Labute approximate surface area is 160 Å². The molecule has 1 heterocycles. The summed E-state index contributed by atoms with van der Waals surface area (Å²) in [4.78, 5) is 50.8. The van der Waals surface area contributed by atoms with Gasteiger partial charge in [-0.15, -0.1) is 0 Å². The lowest BCUT2D eigenvalue weighted by atomic mass is 9.94. The number of urea groups is 1. The molecule has 1 aromatic carbocycles. The first-order chi connectivity index (χ1) is 12.4. The van der Waals surface area contributed by atoms with Crippen molar-refractivity contribution in [2.45, 2.75) is 38.1 Å². The number of carbonyl (C=O) groups is 4. The van der Waals surface area contributed by atoms with Crippen molar-refractivity contribution in [1.82, 2.24) is 9.80 Å². The molecule has 3 rings (SSSR count). The minimum atomic E-state index is -0.985. The van der Waals surface area contributed by atoms with Gasteiger partial charge in [-0.3, -0.25) is 19.3 Å². The molecule has 1 N–H and O–H groups in total. The number of anilines is 1. The van der Waals surface area contributed by atoms with Crippen molar-refractivity contribution in [3.8, 4) is 0 Å². The van der Waals surface area contributed by atoms with Gasteiger partial charge in [0.25, 0.3) is 0 Å². The quantitative estimate of drug-likeness (QED) is 0.624. The summed E-state index contributed by atoms with van der Waals surface area (Å²) < 4.78 is 0. The molecule has 7 nitrogen and oxygen atoms in total. The third kappa shape index (κ3) is 3.54. The van der Waals surface area contributed by atoms with E-state index in [1.54, 1.807) is 18.2 Å². The number of nitrogens with one attached hydrogen (secondary N) is 1. The highest BCUT2D eigenvalue weighted by Gasteiger charge is 2.48. The fourth-order valence-corrected chi connectivity index (χ4v) is 3.75. The van der Waals surface area contributed by atoms with E-state index in [2.05, 4.69) is 5.32 Å². The molecular formula is C17H17Cl2N3O4. The predicted octanol–water partition coefficient (Wildman–Crippen LogP) is 3.06. The molecule has 9 heteroatoms. The molecule has 1 aliphatic carbocycles. The maximum atomic E-state index is 12.5.